The van der Waals surface area contributed by atoms with Gasteiger partial charge in [-0.25, -0.2) is 0 Å². The Morgan fingerprint density at radius 3 is 2.27 bits per heavy atom. The van der Waals surface area contributed by atoms with Crippen LogP contribution in [0.25, 0.3) is 0 Å². The van der Waals surface area contributed by atoms with Gasteiger partial charge in [0, 0.05) is 25.4 Å². The van der Waals surface area contributed by atoms with E-state index in [1.807, 2.05) is 20.8 Å². The van der Waals surface area contributed by atoms with Crippen LogP contribution < -0.4 is 0 Å². The van der Waals surface area contributed by atoms with Gasteiger partial charge in [-0.2, -0.15) is 0 Å². The zero-order valence-corrected chi connectivity index (χ0v) is 10.0. The van der Waals surface area contributed by atoms with Crippen molar-refractivity contribution in [2.24, 2.45) is 5.41 Å². The van der Waals surface area contributed by atoms with Crippen molar-refractivity contribution < 1.29 is 14.3 Å². The van der Waals surface area contributed by atoms with Crippen molar-refractivity contribution in [2.75, 3.05) is 13.7 Å². The third-order valence-corrected chi connectivity index (χ3v) is 2.00. The summed E-state index contributed by atoms with van der Waals surface area (Å²) in [6, 6.07) is 0. The Balaban J connectivity index is 3.87. The van der Waals surface area contributed by atoms with Gasteiger partial charge in [0.05, 0.1) is 6.61 Å². The molecule has 86 valence electrons. The van der Waals surface area contributed by atoms with E-state index in [0.717, 1.165) is 0 Å². The minimum Gasteiger partial charge on any atom is -0.381 e. The van der Waals surface area contributed by atoms with E-state index in [0.29, 0.717) is 13.0 Å². The van der Waals surface area contributed by atoms with E-state index in [9.17, 15) is 9.59 Å². The average Bonchev–Trinajstić information content (AvgIpc) is 2.13. The minimum absolute atomic E-state index is 0.0235. The van der Waals surface area contributed by atoms with E-state index in [1.54, 1.807) is 13.2 Å². The lowest BCUT2D eigenvalue weighted by molar-refractivity contribution is -0.128. The standard InChI is InChI=1S/C12H20O3/c1-12(2,3)11(14)8-7-10(13)6-5-9-15-4/h5-6H,7-9H2,1-4H3/b6-5+. The second-order valence-electron chi connectivity index (χ2n) is 4.50. The third-order valence-electron chi connectivity index (χ3n) is 2.00. The molecule has 0 radical (unpaired) electrons. The molecule has 0 bridgehead atoms. The molecular formula is C12H20O3. The molecule has 0 atom stereocenters. The molecule has 0 rings (SSSR count). The fraction of sp³-hybridized carbons (Fsp3) is 0.667. The van der Waals surface area contributed by atoms with Crippen LogP contribution in [0.4, 0.5) is 0 Å². The van der Waals surface area contributed by atoms with E-state index in [2.05, 4.69) is 0 Å². The van der Waals surface area contributed by atoms with Crippen LogP contribution in [0.1, 0.15) is 33.6 Å². The summed E-state index contributed by atoms with van der Waals surface area (Å²) >= 11 is 0. The highest BCUT2D eigenvalue weighted by molar-refractivity contribution is 5.94. The number of carbonyl (C=O) groups excluding carboxylic acids is 2. The minimum atomic E-state index is -0.351. The highest BCUT2D eigenvalue weighted by Gasteiger charge is 2.20. The van der Waals surface area contributed by atoms with E-state index >= 15 is 0 Å². The maximum atomic E-state index is 11.5. The Kier molecular flexibility index (Phi) is 6.09. The molecule has 0 spiro atoms. The highest BCUT2D eigenvalue weighted by Crippen LogP contribution is 2.17. The van der Waals surface area contributed by atoms with Gasteiger partial charge in [-0.15, -0.1) is 0 Å². The maximum Gasteiger partial charge on any atom is 0.155 e. The molecule has 0 aliphatic carbocycles. The van der Waals surface area contributed by atoms with Crippen LogP contribution in [0.5, 0.6) is 0 Å². The molecule has 0 saturated carbocycles. The molecule has 0 aromatic rings. The van der Waals surface area contributed by atoms with Crippen LogP contribution in [0.15, 0.2) is 12.2 Å². The molecule has 0 aliphatic heterocycles. The van der Waals surface area contributed by atoms with E-state index in [-0.39, 0.29) is 23.4 Å². The molecule has 3 nitrogen and oxygen atoms in total. The average molecular weight is 212 g/mol. The smallest absolute Gasteiger partial charge is 0.155 e. The topological polar surface area (TPSA) is 43.4 Å². The highest BCUT2D eigenvalue weighted by atomic mass is 16.5. The van der Waals surface area contributed by atoms with Crippen molar-refractivity contribution in [2.45, 2.75) is 33.6 Å². The Hall–Kier alpha value is -0.960. The van der Waals surface area contributed by atoms with Crippen LogP contribution in [0, 0.1) is 5.41 Å². The first-order valence-corrected chi connectivity index (χ1v) is 5.09. The van der Waals surface area contributed by atoms with Gasteiger partial charge >= 0.3 is 0 Å². The molecule has 0 N–H and O–H groups in total. The molecule has 0 aromatic carbocycles. The molecular weight excluding hydrogens is 192 g/mol. The number of hydrogen-bond donors (Lipinski definition) is 0. The summed E-state index contributed by atoms with van der Waals surface area (Å²) in [5.74, 6) is 0.0978. The second kappa shape index (κ2) is 6.51. The number of allylic oxidation sites excluding steroid dienone is 1. The van der Waals surface area contributed by atoms with E-state index in [4.69, 9.17) is 4.74 Å². The summed E-state index contributed by atoms with van der Waals surface area (Å²) in [5, 5.41) is 0. The lowest BCUT2D eigenvalue weighted by Crippen LogP contribution is -2.20. The lowest BCUT2D eigenvalue weighted by atomic mass is 9.88. The van der Waals surface area contributed by atoms with Crippen molar-refractivity contribution in [3.63, 3.8) is 0 Å². The van der Waals surface area contributed by atoms with Gasteiger partial charge in [-0.3, -0.25) is 9.59 Å². The molecule has 0 unspecified atom stereocenters. The fourth-order valence-corrected chi connectivity index (χ4v) is 0.971. The molecule has 0 saturated heterocycles. The van der Waals surface area contributed by atoms with Crippen molar-refractivity contribution in [3.05, 3.63) is 12.2 Å². The Labute approximate surface area is 91.5 Å². The number of Topliss-reactive ketones (excluding diaryl/α,β-unsaturated/α-hetero) is 1. The Morgan fingerprint density at radius 1 is 1.20 bits per heavy atom. The molecule has 15 heavy (non-hydrogen) atoms. The summed E-state index contributed by atoms with van der Waals surface area (Å²) in [6.07, 6.45) is 3.74. The molecule has 3 heteroatoms. The monoisotopic (exact) mass is 212 g/mol. The first-order chi connectivity index (χ1) is 6.88. The van der Waals surface area contributed by atoms with Crippen molar-refractivity contribution in [1.29, 1.82) is 0 Å². The van der Waals surface area contributed by atoms with Gasteiger partial charge in [0.15, 0.2) is 5.78 Å². The van der Waals surface area contributed by atoms with Gasteiger partial charge < -0.3 is 4.74 Å². The lowest BCUT2D eigenvalue weighted by Gasteiger charge is -2.15. The second-order valence-corrected chi connectivity index (χ2v) is 4.50. The normalized spacial score (nSPS) is 12.0. The van der Waals surface area contributed by atoms with Crippen molar-refractivity contribution in [3.8, 4) is 0 Å². The number of rotatable bonds is 6. The Bertz CT molecular complexity index is 246. The first kappa shape index (κ1) is 14.0. The van der Waals surface area contributed by atoms with Crippen molar-refractivity contribution >= 4 is 11.6 Å². The molecule has 0 fully saturated rings. The van der Waals surface area contributed by atoms with Crippen LogP contribution in [-0.4, -0.2) is 25.3 Å². The van der Waals surface area contributed by atoms with Crippen LogP contribution in [-0.2, 0) is 14.3 Å². The van der Waals surface area contributed by atoms with Crippen LogP contribution in [0.3, 0.4) is 0 Å². The van der Waals surface area contributed by atoms with Gasteiger partial charge in [-0.05, 0) is 6.08 Å². The predicted octanol–water partition coefficient (Wildman–Crippen LogP) is 2.15. The van der Waals surface area contributed by atoms with E-state index < -0.39 is 0 Å². The number of methoxy groups -OCH3 is 1. The maximum absolute atomic E-state index is 11.5. The summed E-state index contributed by atoms with van der Waals surface area (Å²) < 4.78 is 4.77. The van der Waals surface area contributed by atoms with Crippen LogP contribution >= 0.6 is 0 Å². The van der Waals surface area contributed by atoms with Crippen LogP contribution in [0.2, 0.25) is 0 Å². The zero-order chi connectivity index (χ0) is 11.9. The van der Waals surface area contributed by atoms with E-state index in [1.165, 1.54) is 6.08 Å². The molecule has 0 aliphatic rings. The van der Waals surface area contributed by atoms with Gasteiger partial charge in [0.25, 0.3) is 0 Å². The molecule has 0 heterocycles. The summed E-state index contributed by atoms with van der Waals surface area (Å²) in [4.78, 5) is 22.8. The summed E-state index contributed by atoms with van der Waals surface area (Å²) in [5.41, 5.74) is -0.351. The number of carbonyl (C=O) groups is 2. The number of hydrogen-bond acceptors (Lipinski definition) is 3. The third kappa shape index (κ3) is 7.03. The van der Waals surface area contributed by atoms with Gasteiger partial charge in [0.1, 0.15) is 5.78 Å². The van der Waals surface area contributed by atoms with Gasteiger partial charge in [-0.1, -0.05) is 26.8 Å². The zero-order valence-electron chi connectivity index (χ0n) is 10.0. The predicted molar refractivity (Wildman–Crippen MR) is 59.7 cm³/mol. The number of ether oxygens (including phenoxy) is 1. The quantitative estimate of drug-likeness (QED) is 0.634. The summed E-state index contributed by atoms with van der Waals surface area (Å²) in [7, 11) is 1.57. The SMILES string of the molecule is COC/C=C/C(=O)CCC(=O)C(C)(C)C. The fourth-order valence-electron chi connectivity index (χ4n) is 0.971. The summed E-state index contributed by atoms with van der Waals surface area (Å²) in [6.45, 7) is 6.01. The first-order valence-electron chi connectivity index (χ1n) is 5.09. The van der Waals surface area contributed by atoms with Crippen molar-refractivity contribution in [1.82, 2.24) is 0 Å². The molecule has 0 amide bonds. The molecule has 0 aromatic heterocycles. The number of ketones is 2. The van der Waals surface area contributed by atoms with Gasteiger partial charge in [0.2, 0.25) is 0 Å². The largest absolute Gasteiger partial charge is 0.381 e. The Morgan fingerprint density at radius 2 is 1.80 bits per heavy atom.